The van der Waals surface area contributed by atoms with Crippen molar-refractivity contribution in [2.24, 2.45) is 0 Å². The van der Waals surface area contributed by atoms with Crippen LogP contribution in [-0.4, -0.2) is 25.9 Å². The smallest absolute Gasteiger partial charge is 0.177 e. The van der Waals surface area contributed by atoms with Crippen LogP contribution in [0.25, 0.3) is 11.3 Å². The number of aryl methyl sites for hydroxylation is 2. The van der Waals surface area contributed by atoms with E-state index in [1.54, 1.807) is 25.1 Å². The minimum Gasteiger partial charge on any atom is -0.382 e. The molecule has 0 unspecified atom stereocenters. The number of hydrogen-bond acceptors (Lipinski definition) is 6. The molecule has 3 aromatic rings. The molecule has 27 heavy (non-hydrogen) atoms. The van der Waals surface area contributed by atoms with Crippen LogP contribution in [0.15, 0.2) is 39.5 Å². The molecule has 138 valence electrons. The number of aromatic amines is 1. The average Bonchev–Trinajstić information content (AvgIpc) is 3.00. The number of ketones is 1. The van der Waals surface area contributed by atoms with Gasteiger partial charge in [0.15, 0.2) is 5.78 Å². The highest BCUT2D eigenvalue weighted by Gasteiger charge is 2.06. The molecule has 7 nitrogen and oxygen atoms in total. The van der Waals surface area contributed by atoms with Crippen molar-refractivity contribution in [3.63, 3.8) is 0 Å². The summed E-state index contributed by atoms with van der Waals surface area (Å²) in [6.07, 6.45) is -0.0874. The highest BCUT2D eigenvalue weighted by molar-refractivity contribution is 9.10. The van der Waals surface area contributed by atoms with Crippen LogP contribution in [-0.2, 0) is 0 Å². The molecule has 0 aliphatic rings. The Morgan fingerprint density at radius 1 is 1.11 bits per heavy atom. The molecule has 0 aliphatic heterocycles. The van der Waals surface area contributed by atoms with Gasteiger partial charge in [0.05, 0.1) is 18.2 Å². The lowest BCUT2D eigenvalue weighted by atomic mass is 10.1. The molecule has 3 heterocycles. The molecule has 0 saturated heterocycles. The van der Waals surface area contributed by atoms with Crippen LogP contribution in [0.2, 0.25) is 0 Å². The van der Waals surface area contributed by atoms with Crippen LogP contribution < -0.4 is 5.73 Å². The number of nitrogens with zero attached hydrogens (tertiary/aromatic N) is 4. The van der Waals surface area contributed by atoms with Crippen LogP contribution in [0, 0.1) is 25.2 Å². The van der Waals surface area contributed by atoms with Gasteiger partial charge in [-0.15, -0.1) is 0 Å². The van der Waals surface area contributed by atoms with E-state index in [0.29, 0.717) is 16.0 Å². The van der Waals surface area contributed by atoms with Crippen molar-refractivity contribution in [2.45, 2.75) is 20.3 Å². The summed E-state index contributed by atoms with van der Waals surface area (Å²) in [5.41, 5.74) is 9.68. The first kappa shape index (κ1) is 20.7. The third-order valence-electron chi connectivity index (χ3n) is 3.31. The molecule has 0 spiro atoms. The van der Waals surface area contributed by atoms with Crippen molar-refractivity contribution in [3.05, 3.63) is 56.5 Å². The fourth-order valence-corrected chi connectivity index (χ4v) is 3.28. The van der Waals surface area contributed by atoms with Crippen LogP contribution >= 0.6 is 31.9 Å². The molecular weight excluding hydrogens is 476 g/mol. The topological polar surface area (TPSA) is 121 Å². The summed E-state index contributed by atoms with van der Waals surface area (Å²) in [6.45, 7) is 3.74. The molecule has 0 radical (unpaired) electrons. The zero-order chi connectivity index (χ0) is 20.0. The monoisotopic (exact) mass is 490 g/mol. The third-order valence-corrected chi connectivity index (χ3v) is 4.13. The van der Waals surface area contributed by atoms with E-state index in [-0.39, 0.29) is 12.2 Å². The van der Waals surface area contributed by atoms with Gasteiger partial charge in [-0.1, -0.05) is 0 Å². The number of nitrogens with one attached hydrogen (secondary N) is 1. The summed E-state index contributed by atoms with van der Waals surface area (Å²) in [5, 5.41) is 15.1. The first-order chi connectivity index (χ1) is 12.8. The molecule has 3 N–H and O–H groups in total. The quantitative estimate of drug-likeness (QED) is 0.414. The number of Topliss-reactive ketones (excluding diaryl/α,β-unsaturated/α-hetero) is 1. The highest BCUT2D eigenvalue weighted by Crippen LogP contribution is 2.22. The van der Waals surface area contributed by atoms with Gasteiger partial charge >= 0.3 is 0 Å². The van der Waals surface area contributed by atoms with Crippen LogP contribution in [0.5, 0.6) is 0 Å². The Kier molecular flexibility index (Phi) is 7.21. The summed E-state index contributed by atoms with van der Waals surface area (Å²) >= 11 is 6.53. The number of H-pyrrole nitrogens is 1. The summed E-state index contributed by atoms with van der Waals surface area (Å²) in [7, 11) is 0. The number of nitrogens with two attached hydrogens (primary N) is 1. The molecule has 0 amide bonds. The van der Waals surface area contributed by atoms with E-state index in [1.165, 1.54) is 0 Å². The second-order valence-corrected chi connectivity index (χ2v) is 7.23. The number of anilines is 1. The number of carbonyl (C=O) groups excluding carboxylic acids is 1. The lowest BCUT2D eigenvalue weighted by Gasteiger charge is -1.99. The molecule has 0 atom stereocenters. The van der Waals surface area contributed by atoms with E-state index in [0.717, 1.165) is 27.2 Å². The van der Waals surface area contributed by atoms with Gasteiger partial charge < -0.3 is 5.73 Å². The van der Waals surface area contributed by atoms with Gasteiger partial charge in [-0.05, 0) is 70.0 Å². The van der Waals surface area contributed by atoms with Gasteiger partial charge in [0.2, 0.25) is 0 Å². The van der Waals surface area contributed by atoms with Gasteiger partial charge in [-0.3, -0.25) is 9.89 Å². The van der Waals surface area contributed by atoms with Gasteiger partial charge in [-0.2, -0.15) is 10.4 Å². The Labute approximate surface area is 173 Å². The third kappa shape index (κ3) is 6.27. The lowest BCUT2D eigenvalue weighted by Crippen LogP contribution is -1.99. The average molecular weight is 492 g/mol. The molecule has 0 aliphatic carbocycles. The molecule has 0 bridgehead atoms. The van der Waals surface area contributed by atoms with Crippen LogP contribution in [0.1, 0.15) is 28.2 Å². The van der Waals surface area contributed by atoms with E-state index in [9.17, 15) is 4.79 Å². The molecule has 3 rings (SSSR count). The van der Waals surface area contributed by atoms with Crippen molar-refractivity contribution in [2.75, 3.05) is 5.73 Å². The SMILES string of the molecule is Cc1cc(-c2cc(N)n[nH]2)cc(Br)n1.Cc1cc(C(=O)CC#N)cc(Br)n1. The predicted molar refractivity (Wildman–Crippen MR) is 110 cm³/mol. The van der Waals surface area contributed by atoms with Crippen molar-refractivity contribution >= 4 is 43.5 Å². The van der Waals surface area contributed by atoms with Gasteiger partial charge in [-0.25, -0.2) is 9.97 Å². The number of rotatable bonds is 3. The zero-order valence-electron chi connectivity index (χ0n) is 14.6. The number of halogens is 2. The number of nitriles is 1. The normalized spacial score (nSPS) is 9.89. The molecule has 0 fully saturated rings. The highest BCUT2D eigenvalue weighted by atomic mass is 79.9. The Hall–Kier alpha value is -2.57. The minimum absolute atomic E-state index is 0.0874. The second kappa shape index (κ2) is 9.39. The maximum atomic E-state index is 11.3. The molecule has 0 saturated carbocycles. The van der Waals surface area contributed by atoms with Gasteiger partial charge in [0, 0.05) is 28.6 Å². The number of aromatic nitrogens is 4. The Morgan fingerprint density at radius 2 is 1.74 bits per heavy atom. The van der Waals surface area contributed by atoms with Crippen molar-refractivity contribution in [1.29, 1.82) is 5.26 Å². The van der Waals surface area contributed by atoms with E-state index >= 15 is 0 Å². The van der Waals surface area contributed by atoms with E-state index in [4.69, 9.17) is 11.0 Å². The van der Waals surface area contributed by atoms with Crippen molar-refractivity contribution < 1.29 is 4.79 Å². The summed E-state index contributed by atoms with van der Waals surface area (Å²) in [6, 6.07) is 10.8. The zero-order valence-corrected chi connectivity index (χ0v) is 17.8. The van der Waals surface area contributed by atoms with Crippen LogP contribution in [0.3, 0.4) is 0 Å². The first-order valence-corrected chi connectivity index (χ1v) is 9.37. The molecule has 0 aromatic carbocycles. The standard InChI is InChI=1S/C9H9BrN4.C9H7BrN2O/c1-5-2-6(3-8(10)12-5)7-4-9(11)14-13-7;1-6-4-7(5-9(10)12-6)8(13)2-3-11/h2-4H,1H3,(H3,11,13,14);4-5H,2H2,1H3. The number of pyridine rings is 2. The number of carbonyl (C=O) groups is 1. The van der Waals surface area contributed by atoms with Crippen LogP contribution in [0.4, 0.5) is 5.82 Å². The molecule has 3 aromatic heterocycles. The molecule has 9 heteroatoms. The van der Waals surface area contributed by atoms with Gasteiger partial charge in [0.25, 0.3) is 0 Å². The fourth-order valence-electron chi connectivity index (χ4n) is 2.23. The Morgan fingerprint density at radius 3 is 2.26 bits per heavy atom. The summed E-state index contributed by atoms with van der Waals surface area (Å²) < 4.78 is 1.43. The Bertz CT molecular complexity index is 969. The van der Waals surface area contributed by atoms with E-state index < -0.39 is 0 Å². The largest absolute Gasteiger partial charge is 0.382 e. The van der Waals surface area contributed by atoms with Crippen molar-refractivity contribution in [1.82, 2.24) is 20.2 Å². The first-order valence-electron chi connectivity index (χ1n) is 7.78. The molecular formula is C18H16Br2N6O. The lowest BCUT2D eigenvalue weighted by molar-refractivity contribution is 0.0997. The van der Waals surface area contributed by atoms with Gasteiger partial charge in [0.1, 0.15) is 15.0 Å². The summed E-state index contributed by atoms with van der Waals surface area (Å²) in [5.74, 6) is 0.319. The number of nitrogen functional groups attached to an aromatic ring is 1. The maximum Gasteiger partial charge on any atom is 0.177 e. The Balaban J connectivity index is 0.000000194. The van der Waals surface area contributed by atoms with Crippen molar-refractivity contribution in [3.8, 4) is 17.3 Å². The van der Waals surface area contributed by atoms with E-state index in [1.807, 2.05) is 25.1 Å². The number of hydrogen-bond donors (Lipinski definition) is 2. The van der Waals surface area contributed by atoms with E-state index in [2.05, 4.69) is 52.0 Å². The maximum absolute atomic E-state index is 11.3. The fraction of sp³-hybridized carbons (Fsp3) is 0.167. The second-order valence-electron chi connectivity index (χ2n) is 5.60. The summed E-state index contributed by atoms with van der Waals surface area (Å²) in [4.78, 5) is 19.6. The minimum atomic E-state index is -0.172. The predicted octanol–water partition coefficient (Wildman–Crippen LogP) is 4.37.